The highest BCUT2D eigenvalue weighted by Gasteiger charge is 2.00. The van der Waals surface area contributed by atoms with Crippen LogP contribution in [0, 0.1) is 0 Å². The number of nitrogens with two attached hydrogens (primary N) is 1. The van der Waals surface area contributed by atoms with Gasteiger partial charge >= 0.3 is 0 Å². The summed E-state index contributed by atoms with van der Waals surface area (Å²) < 4.78 is 0. The van der Waals surface area contributed by atoms with Gasteiger partial charge in [-0.3, -0.25) is 10.2 Å². The maximum atomic E-state index is 10.6. The van der Waals surface area contributed by atoms with Crippen LogP contribution in [0.15, 0.2) is 0 Å². The molecular weight excluding hydrogens is 158 g/mol. The Kier molecular flexibility index (Phi) is 6.64. The van der Waals surface area contributed by atoms with Crippen LogP contribution < -0.4 is 11.3 Å². The minimum atomic E-state index is -0.146. The van der Waals surface area contributed by atoms with Crippen LogP contribution in [0.1, 0.15) is 12.8 Å². The Hall–Kier alpha value is -0.650. The number of amides is 1. The van der Waals surface area contributed by atoms with Crippen molar-refractivity contribution in [3.05, 3.63) is 0 Å². The quantitative estimate of drug-likeness (QED) is 0.266. The van der Waals surface area contributed by atoms with E-state index in [4.69, 9.17) is 10.9 Å². The summed E-state index contributed by atoms with van der Waals surface area (Å²) in [5, 5.41) is 8.55. The summed E-state index contributed by atoms with van der Waals surface area (Å²) in [5.74, 6) is 4.75. The van der Waals surface area contributed by atoms with Gasteiger partial charge in [-0.05, 0) is 20.0 Å². The highest BCUT2D eigenvalue weighted by Crippen LogP contribution is 1.91. The van der Waals surface area contributed by atoms with Crippen LogP contribution in [0.4, 0.5) is 0 Å². The van der Waals surface area contributed by atoms with Crippen LogP contribution in [0.25, 0.3) is 0 Å². The Morgan fingerprint density at radius 2 is 2.25 bits per heavy atom. The first-order chi connectivity index (χ1) is 5.70. The molecule has 0 atom stereocenters. The molecule has 0 saturated heterocycles. The molecule has 0 bridgehead atoms. The fourth-order valence-corrected chi connectivity index (χ4v) is 0.864. The van der Waals surface area contributed by atoms with Crippen LogP contribution >= 0.6 is 0 Å². The maximum absolute atomic E-state index is 10.6. The molecule has 0 unspecified atom stereocenters. The lowest BCUT2D eigenvalue weighted by Crippen LogP contribution is -2.31. The molecule has 0 aliphatic carbocycles. The van der Waals surface area contributed by atoms with Crippen LogP contribution in [0.3, 0.4) is 0 Å². The van der Waals surface area contributed by atoms with Crippen molar-refractivity contribution in [1.29, 1.82) is 0 Å². The molecule has 0 aromatic heterocycles. The molecule has 1 amide bonds. The summed E-state index contributed by atoms with van der Waals surface area (Å²) in [5.41, 5.74) is 2.06. The minimum Gasteiger partial charge on any atom is -0.395 e. The van der Waals surface area contributed by atoms with E-state index < -0.39 is 0 Å². The van der Waals surface area contributed by atoms with Crippen molar-refractivity contribution < 1.29 is 9.90 Å². The van der Waals surface area contributed by atoms with Crippen LogP contribution in [-0.2, 0) is 4.79 Å². The smallest absolute Gasteiger partial charge is 0.233 e. The predicted molar refractivity (Wildman–Crippen MR) is 46.1 cm³/mol. The Balaban J connectivity index is 3.24. The van der Waals surface area contributed by atoms with Gasteiger partial charge in [-0.2, -0.15) is 0 Å². The summed E-state index contributed by atoms with van der Waals surface area (Å²) in [4.78, 5) is 12.6. The van der Waals surface area contributed by atoms with Gasteiger partial charge in [-0.15, -0.1) is 0 Å². The molecule has 12 heavy (non-hydrogen) atoms. The Labute approximate surface area is 72.5 Å². The lowest BCUT2D eigenvalue weighted by molar-refractivity contribution is -0.121. The topological polar surface area (TPSA) is 78.6 Å². The van der Waals surface area contributed by atoms with E-state index in [1.165, 1.54) is 0 Å². The number of rotatable bonds is 6. The number of carbonyl (C=O) groups excluding carboxylic acids is 1. The molecular formula is C7H17N3O2. The summed E-state index contributed by atoms with van der Waals surface area (Å²) >= 11 is 0. The Morgan fingerprint density at radius 1 is 1.58 bits per heavy atom. The van der Waals surface area contributed by atoms with Gasteiger partial charge < -0.3 is 10.0 Å². The second-order valence-electron chi connectivity index (χ2n) is 2.70. The summed E-state index contributed by atoms with van der Waals surface area (Å²) in [6.07, 6.45) is 1.20. The van der Waals surface area contributed by atoms with Crippen molar-refractivity contribution >= 4 is 5.91 Å². The van der Waals surface area contributed by atoms with E-state index in [0.717, 1.165) is 13.0 Å². The van der Waals surface area contributed by atoms with Crippen molar-refractivity contribution in [3.8, 4) is 0 Å². The number of hydrazine groups is 1. The van der Waals surface area contributed by atoms with E-state index in [-0.39, 0.29) is 12.5 Å². The summed E-state index contributed by atoms with van der Waals surface area (Å²) in [6.45, 7) is 1.60. The lowest BCUT2D eigenvalue weighted by atomic mass is 10.3. The molecule has 5 heteroatoms. The first-order valence-electron chi connectivity index (χ1n) is 3.99. The molecule has 0 aliphatic heterocycles. The first-order valence-corrected chi connectivity index (χ1v) is 3.99. The second kappa shape index (κ2) is 7.02. The number of nitrogens with zero attached hydrogens (tertiary/aromatic N) is 1. The number of aliphatic hydroxyl groups excluding tert-OH is 1. The van der Waals surface area contributed by atoms with E-state index in [0.29, 0.717) is 13.0 Å². The van der Waals surface area contributed by atoms with Crippen LogP contribution in [0.2, 0.25) is 0 Å². The maximum Gasteiger partial charge on any atom is 0.233 e. The van der Waals surface area contributed by atoms with E-state index in [9.17, 15) is 4.79 Å². The van der Waals surface area contributed by atoms with Crippen molar-refractivity contribution in [1.82, 2.24) is 10.3 Å². The van der Waals surface area contributed by atoms with Crippen LogP contribution in [-0.4, -0.2) is 42.7 Å². The third-order valence-corrected chi connectivity index (χ3v) is 1.59. The zero-order chi connectivity index (χ0) is 9.40. The fraction of sp³-hybridized carbons (Fsp3) is 0.857. The molecule has 72 valence electrons. The van der Waals surface area contributed by atoms with E-state index in [1.54, 1.807) is 0 Å². The highest BCUT2D eigenvalue weighted by molar-refractivity contribution is 5.75. The number of nitrogens with one attached hydrogen (secondary N) is 1. The molecule has 0 aliphatic rings. The monoisotopic (exact) mass is 175 g/mol. The molecule has 0 aromatic rings. The number of hydrogen-bond acceptors (Lipinski definition) is 4. The molecule has 4 N–H and O–H groups in total. The van der Waals surface area contributed by atoms with Crippen molar-refractivity contribution in [2.45, 2.75) is 12.8 Å². The van der Waals surface area contributed by atoms with Gasteiger partial charge in [-0.25, -0.2) is 5.84 Å². The molecule has 0 radical (unpaired) electrons. The van der Waals surface area contributed by atoms with Crippen molar-refractivity contribution in [3.63, 3.8) is 0 Å². The largest absolute Gasteiger partial charge is 0.395 e. The van der Waals surface area contributed by atoms with Gasteiger partial charge in [0.25, 0.3) is 0 Å². The van der Waals surface area contributed by atoms with Gasteiger partial charge in [0, 0.05) is 13.0 Å². The zero-order valence-corrected chi connectivity index (χ0v) is 7.42. The molecule has 0 saturated carbocycles. The molecule has 0 spiro atoms. The minimum absolute atomic E-state index is 0.146. The number of likely N-dealkylation sites (N-methyl/N-ethyl adjacent to an activating group) is 1. The normalized spacial score (nSPS) is 10.3. The number of aliphatic hydroxyl groups is 1. The number of carbonyl (C=O) groups is 1. The average Bonchev–Trinajstić information content (AvgIpc) is 2.04. The molecule has 0 fully saturated rings. The fourth-order valence-electron chi connectivity index (χ4n) is 0.864. The van der Waals surface area contributed by atoms with E-state index in [2.05, 4.69) is 5.43 Å². The van der Waals surface area contributed by atoms with Crippen molar-refractivity contribution in [2.75, 3.05) is 26.7 Å². The van der Waals surface area contributed by atoms with E-state index in [1.807, 2.05) is 11.9 Å². The van der Waals surface area contributed by atoms with Gasteiger partial charge in [0.05, 0.1) is 6.61 Å². The third-order valence-electron chi connectivity index (χ3n) is 1.59. The third kappa shape index (κ3) is 6.09. The Morgan fingerprint density at radius 3 is 2.75 bits per heavy atom. The van der Waals surface area contributed by atoms with Gasteiger partial charge in [0.15, 0.2) is 0 Å². The highest BCUT2D eigenvalue weighted by atomic mass is 16.3. The molecule has 0 rings (SSSR count). The molecule has 5 nitrogen and oxygen atoms in total. The van der Waals surface area contributed by atoms with Crippen molar-refractivity contribution in [2.24, 2.45) is 5.84 Å². The standard InChI is InChI=1S/C7H17N3O2/c1-10(5-6-11)4-2-3-7(12)9-8/h11H,2-6,8H2,1H3,(H,9,12). The molecule has 0 aromatic carbocycles. The Bertz CT molecular complexity index is 130. The van der Waals surface area contributed by atoms with E-state index >= 15 is 0 Å². The van der Waals surface area contributed by atoms with Crippen LogP contribution in [0.5, 0.6) is 0 Å². The van der Waals surface area contributed by atoms with Gasteiger partial charge in [0.1, 0.15) is 0 Å². The van der Waals surface area contributed by atoms with Gasteiger partial charge in [0.2, 0.25) is 5.91 Å². The number of hydrogen-bond donors (Lipinski definition) is 3. The summed E-state index contributed by atoms with van der Waals surface area (Å²) in [7, 11) is 1.90. The summed E-state index contributed by atoms with van der Waals surface area (Å²) in [6, 6.07) is 0. The first kappa shape index (κ1) is 11.4. The zero-order valence-electron chi connectivity index (χ0n) is 7.42. The average molecular weight is 175 g/mol. The van der Waals surface area contributed by atoms with Gasteiger partial charge in [-0.1, -0.05) is 0 Å². The molecule has 0 heterocycles. The predicted octanol–water partition coefficient (Wildman–Crippen LogP) is -1.32. The second-order valence-corrected chi connectivity index (χ2v) is 2.70. The lowest BCUT2D eigenvalue weighted by Gasteiger charge is -2.13. The SMILES string of the molecule is CN(CCO)CCCC(=O)NN.